The highest BCUT2D eigenvalue weighted by molar-refractivity contribution is 8.13. The number of carbonyl (C=O) groups is 1. The van der Waals surface area contributed by atoms with Gasteiger partial charge >= 0.3 is 0 Å². The van der Waals surface area contributed by atoms with E-state index in [0.29, 0.717) is 50.4 Å². The molecule has 0 spiro atoms. The zero-order valence-corrected chi connectivity index (χ0v) is 19.5. The molecule has 0 N–H and O–H groups in total. The van der Waals surface area contributed by atoms with Crippen LogP contribution in [0.3, 0.4) is 0 Å². The maximum atomic E-state index is 13.3. The predicted octanol–water partition coefficient (Wildman–Crippen LogP) is 5.73. The van der Waals surface area contributed by atoms with E-state index < -0.39 is 0 Å². The number of amides is 1. The molecule has 0 aliphatic carbocycles. The van der Waals surface area contributed by atoms with Crippen LogP contribution in [0.2, 0.25) is 5.02 Å². The SMILES string of the molecule is COc1ccc(N2C(=O)/C(=C/c3cccs3)N=C2SCc2noc(-c3ccoc3)n2)cc1Cl. The van der Waals surface area contributed by atoms with Crippen molar-refractivity contribution in [1.82, 2.24) is 10.1 Å². The van der Waals surface area contributed by atoms with Gasteiger partial charge in [0.25, 0.3) is 11.8 Å². The maximum Gasteiger partial charge on any atom is 0.283 e. The molecule has 0 radical (unpaired) electrons. The molecular weight excluding hydrogens is 484 g/mol. The van der Waals surface area contributed by atoms with Gasteiger partial charge in [0, 0.05) is 4.88 Å². The number of halogens is 1. The third-order valence-electron chi connectivity index (χ3n) is 4.61. The number of carbonyl (C=O) groups excluding carboxylic acids is 1. The van der Waals surface area contributed by atoms with E-state index in [1.165, 1.54) is 47.6 Å². The molecular formula is C22H15ClN4O4S2. The molecule has 0 atom stereocenters. The minimum absolute atomic E-state index is 0.251. The van der Waals surface area contributed by atoms with Gasteiger partial charge in [0.15, 0.2) is 11.0 Å². The van der Waals surface area contributed by atoms with Gasteiger partial charge in [0.05, 0.1) is 35.4 Å². The summed E-state index contributed by atoms with van der Waals surface area (Å²) < 4.78 is 15.6. The first-order chi connectivity index (χ1) is 16.1. The molecule has 166 valence electrons. The monoisotopic (exact) mass is 498 g/mol. The second-order valence-electron chi connectivity index (χ2n) is 6.72. The lowest BCUT2D eigenvalue weighted by Crippen LogP contribution is -2.30. The van der Waals surface area contributed by atoms with Crippen LogP contribution in [0, 0.1) is 0 Å². The van der Waals surface area contributed by atoms with Crippen LogP contribution >= 0.6 is 34.7 Å². The number of nitrogens with zero attached hydrogens (tertiary/aromatic N) is 4. The molecule has 0 bridgehead atoms. The van der Waals surface area contributed by atoms with E-state index in [9.17, 15) is 4.79 Å². The maximum absolute atomic E-state index is 13.3. The van der Waals surface area contributed by atoms with Crippen molar-refractivity contribution < 1.29 is 18.5 Å². The van der Waals surface area contributed by atoms with Gasteiger partial charge in [-0.3, -0.25) is 9.69 Å². The highest BCUT2D eigenvalue weighted by Gasteiger charge is 2.33. The average Bonchev–Trinajstić information content (AvgIpc) is 3.61. The number of amidine groups is 1. The number of aliphatic imine (C=N–C) groups is 1. The predicted molar refractivity (Wildman–Crippen MR) is 129 cm³/mol. The van der Waals surface area contributed by atoms with Gasteiger partial charge in [-0.25, -0.2) is 4.99 Å². The van der Waals surface area contributed by atoms with Crippen molar-refractivity contribution in [1.29, 1.82) is 0 Å². The molecule has 33 heavy (non-hydrogen) atoms. The summed E-state index contributed by atoms with van der Waals surface area (Å²) in [6.45, 7) is 0. The van der Waals surface area contributed by atoms with Crippen LogP contribution in [0.15, 0.2) is 73.9 Å². The van der Waals surface area contributed by atoms with E-state index in [0.717, 1.165) is 4.88 Å². The summed E-state index contributed by atoms with van der Waals surface area (Å²) in [5.41, 5.74) is 1.61. The number of hydrogen-bond acceptors (Lipinski definition) is 9. The van der Waals surface area contributed by atoms with Crippen molar-refractivity contribution in [2.75, 3.05) is 12.0 Å². The largest absolute Gasteiger partial charge is 0.495 e. The first-order valence-corrected chi connectivity index (χ1v) is 11.9. The molecule has 1 aromatic carbocycles. The number of ether oxygens (including phenoxy) is 1. The van der Waals surface area contributed by atoms with Gasteiger partial charge in [-0.1, -0.05) is 34.6 Å². The third kappa shape index (κ3) is 4.45. The first-order valence-electron chi connectivity index (χ1n) is 9.62. The molecule has 0 saturated carbocycles. The lowest BCUT2D eigenvalue weighted by Gasteiger charge is -2.18. The molecule has 1 amide bonds. The van der Waals surface area contributed by atoms with Crippen molar-refractivity contribution in [2.45, 2.75) is 5.75 Å². The number of aromatic nitrogens is 2. The molecule has 0 fully saturated rings. The normalized spacial score (nSPS) is 14.8. The molecule has 3 aromatic heterocycles. The minimum atomic E-state index is -0.251. The summed E-state index contributed by atoms with van der Waals surface area (Å²) in [6, 6.07) is 10.7. The van der Waals surface area contributed by atoms with Crippen molar-refractivity contribution in [3.8, 4) is 17.2 Å². The van der Waals surface area contributed by atoms with E-state index in [2.05, 4.69) is 15.1 Å². The fourth-order valence-electron chi connectivity index (χ4n) is 3.07. The highest BCUT2D eigenvalue weighted by atomic mass is 35.5. The van der Waals surface area contributed by atoms with Gasteiger partial charge in [0.2, 0.25) is 0 Å². The second-order valence-corrected chi connectivity index (χ2v) is 9.04. The third-order valence-corrected chi connectivity index (χ3v) is 6.66. The van der Waals surface area contributed by atoms with Gasteiger partial charge in [-0.05, 0) is 41.8 Å². The molecule has 0 saturated heterocycles. The summed E-state index contributed by atoms with van der Waals surface area (Å²) in [5, 5.41) is 6.83. The molecule has 0 unspecified atom stereocenters. The van der Waals surface area contributed by atoms with Crippen LogP contribution in [-0.2, 0) is 10.5 Å². The Morgan fingerprint density at radius 1 is 1.30 bits per heavy atom. The number of benzene rings is 1. The van der Waals surface area contributed by atoms with Crippen LogP contribution in [0.5, 0.6) is 5.75 Å². The van der Waals surface area contributed by atoms with Gasteiger partial charge < -0.3 is 13.7 Å². The number of anilines is 1. The Labute approximate surface area is 201 Å². The summed E-state index contributed by atoms with van der Waals surface area (Å²) in [7, 11) is 1.54. The molecule has 11 heteroatoms. The van der Waals surface area contributed by atoms with Crippen LogP contribution in [0.4, 0.5) is 5.69 Å². The summed E-state index contributed by atoms with van der Waals surface area (Å²) in [6.07, 6.45) is 4.83. The molecule has 8 nitrogen and oxygen atoms in total. The van der Waals surface area contributed by atoms with Crippen molar-refractivity contribution in [3.63, 3.8) is 0 Å². The van der Waals surface area contributed by atoms with E-state index >= 15 is 0 Å². The van der Waals surface area contributed by atoms with Gasteiger partial charge in [-0.2, -0.15) is 4.98 Å². The van der Waals surface area contributed by atoms with Crippen LogP contribution < -0.4 is 9.64 Å². The zero-order chi connectivity index (χ0) is 22.8. The number of methoxy groups -OCH3 is 1. The number of hydrogen-bond donors (Lipinski definition) is 0. The quantitative estimate of drug-likeness (QED) is 0.313. The fourth-order valence-corrected chi connectivity index (χ4v) is 4.83. The van der Waals surface area contributed by atoms with Gasteiger partial charge in [-0.15, -0.1) is 11.3 Å². The molecule has 4 aromatic rings. The van der Waals surface area contributed by atoms with Crippen molar-refractivity contribution in [2.24, 2.45) is 4.99 Å². The molecule has 1 aliphatic rings. The van der Waals surface area contributed by atoms with Crippen LogP contribution in [0.1, 0.15) is 10.7 Å². The van der Waals surface area contributed by atoms with Crippen LogP contribution in [0.25, 0.3) is 17.5 Å². The topological polar surface area (TPSA) is 94.0 Å². The Hall–Kier alpha value is -3.34. The Balaban J connectivity index is 1.43. The van der Waals surface area contributed by atoms with E-state index in [4.69, 9.17) is 25.3 Å². The smallest absolute Gasteiger partial charge is 0.283 e. The van der Waals surface area contributed by atoms with Gasteiger partial charge in [0.1, 0.15) is 17.7 Å². The Morgan fingerprint density at radius 3 is 2.94 bits per heavy atom. The Bertz CT molecular complexity index is 1350. The standard InChI is InChI=1S/C22H15ClN4O4S2/c1-29-18-5-4-14(9-16(18)23)27-21(28)17(10-15-3-2-8-32-15)24-22(27)33-12-19-25-20(31-26-19)13-6-7-30-11-13/h2-11H,12H2,1H3/b17-10-. The van der Waals surface area contributed by atoms with Crippen LogP contribution in [-0.4, -0.2) is 28.3 Å². The molecule has 1 aliphatic heterocycles. The first kappa shape index (κ1) is 21.5. The number of thiophene rings is 1. The van der Waals surface area contributed by atoms with Crippen molar-refractivity contribution >= 4 is 57.5 Å². The highest BCUT2D eigenvalue weighted by Crippen LogP contribution is 2.35. The van der Waals surface area contributed by atoms with E-state index in [1.807, 2.05) is 17.5 Å². The number of furan rings is 1. The van der Waals surface area contributed by atoms with E-state index in [1.54, 1.807) is 30.3 Å². The number of thioether (sulfide) groups is 1. The molecule has 4 heterocycles. The number of rotatable bonds is 6. The fraction of sp³-hybridized carbons (Fsp3) is 0.0909. The average molecular weight is 499 g/mol. The lowest BCUT2D eigenvalue weighted by atomic mass is 10.2. The molecule has 5 rings (SSSR count). The summed E-state index contributed by atoms with van der Waals surface area (Å²) in [4.78, 5) is 24.7. The summed E-state index contributed by atoms with van der Waals surface area (Å²) in [5.74, 6) is 1.45. The van der Waals surface area contributed by atoms with Crippen molar-refractivity contribution in [3.05, 3.63) is 75.7 Å². The lowest BCUT2D eigenvalue weighted by molar-refractivity contribution is -0.113. The minimum Gasteiger partial charge on any atom is -0.495 e. The Kier molecular flexibility index (Phi) is 6.03. The Morgan fingerprint density at radius 2 is 2.21 bits per heavy atom. The zero-order valence-electron chi connectivity index (χ0n) is 17.1. The second kappa shape index (κ2) is 9.26. The van der Waals surface area contributed by atoms with E-state index in [-0.39, 0.29) is 5.91 Å². The summed E-state index contributed by atoms with van der Waals surface area (Å²) >= 11 is 9.17.